The van der Waals surface area contributed by atoms with Crippen LogP contribution in [-0.2, 0) is 9.53 Å². The Balaban J connectivity index is 2.59. The smallest absolute Gasteiger partial charge is 0.311 e. The number of ether oxygens (including phenoxy) is 1. The normalized spacial score (nSPS) is 12.4. The summed E-state index contributed by atoms with van der Waals surface area (Å²) < 4.78 is 5.10. The molecule has 0 amide bonds. The Morgan fingerprint density at radius 3 is 2.47 bits per heavy atom. The van der Waals surface area contributed by atoms with Crippen molar-refractivity contribution >= 4 is 5.97 Å². The molecule has 0 aromatic heterocycles. The van der Waals surface area contributed by atoms with Gasteiger partial charge in [0.15, 0.2) is 0 Å². The Hall–Kier alpha value is -1.39. The molecular formula is C13H18O4. The van der Waals surface area contributed by atoms with Crippen molar-refractivity contribution in [2.24, 2.45) is 0 Å². The van der Waals surface area contributed by atoms with Crippen molar-refractivity contribution in [3.8, 4) is 0 Å². The lowest BCUT2D eigenvalue weighted by Gasteiger charge is -2.13. The van der Waals surface area contributed by atoms with Crippen LogP contribution in [0.3, 0.4) is 0 Å². The highest BCUT2D eigenvalue weighted by molar-refractivity contribution is 5.76. The van der Waals surface area contributed by atoms with Gasteiger partial charge in [0.25, 0.3) is 0 Å². The largest absolute Gasteiger partial charge is 0.481 e. The lowest BCUT2D eigenvalue weighted by Crippen LogP contribution is -2.15. The average Bonchev–Trinajstić information content (AvgIpc) is 2.30. The third-order valence-electron chi connectivity index (χ3n) is 2.56. The molecule has 1 unspecified atom stereocenters. The van der Waals surface area contributed by atoms with E-state index in [0.29, 0.717) is 13.0 Å². The fourth-order valence-electron chi connectivity index (χ4n) is 1.60. The SMILES string of the molecule is Cc1ccc(C(CCOCCO)C(=O)O)cc1. The van der Waals surface area contributed by atoms with Gasteiger partial charge in [-0.3, -0.25) is 4.79 Å². The van der Waals surface area contributed by atoms with Crippen LogP contribution in [0.4, 0.5) is 0 Å². The van der Waals surface area contributed by atoms with Gasteiger partial charge in [0.05, 0.1) is 19.1 Å². The minimum atomic E-state index is -0.846. The molecule has 0 aliphatic carbocycles. The van der Waals surface area contributed by atoms with Crippen LogP contribution in [0.5, 0.6) is 0 Å². The van der Waals surface area contributed by atoms with Crippen molar-refractivity contribution in [3.63, 3.8) is 0 Å². The van der Waals surface area contributed by atoms with Crippen LogP contribution in [0.1, 0.15) is 23.5 Å². The van der Waals surface area contributed by atoms with E-state index in [1.165, 1.54) is 0 Å². The molecule has 1 aromatic rings. The highest BCUT2D eigenvalue weighted by Crippen LogP contribution is 2.20. The molecule has 1 aromatic carbocycles. The number of rotatable bonds is 7. The first kappa shape index (κ1) is 13.7. The van der Waals surface area contributed by atoms with Gasteiger partial charge in [-0.05, 0) is 18.9 Å². The van der Waals surface area contributed by atoms with E-state index in [2.05, 4.69) is 0 Å². The number of carbonyl (C=O) groups is 1. The number of carboxylic acids is 1. The highest BCUT2D eigenvalue weighted by atomic mass is 16.5. The van der Waals surface area contributed by atoms with Gasteiger partial charge in [0.2, 0.25) is 0 Å². The van der Waals surface area contributed by atoms with Crippen LogP contribution in [0.2, 0.25) is 0 Å². The molecule has 0 saturated heterocycles. The minimum Gasteiger partial charge on any atom is -0.481 e. The van der Waals surface area contributed by atoms with E-state index in [1.807, 2.05) is 31.2 Å². The first-order valence-corrected chi connectivity index (χ1v) is 5.63. The van der Waals surface area contributed by atoms with Crippen molar-refractivity contribution < 1.29 is 19.7 Å². The Bertz CT molecular complexity index is 345. The molecule has 94 valence electrons. The number of hydrogen-bond acceptors (Lipinski definition) is 3. The van der Waals surface area contributed by atoms with Gasteiger partial charge in [-0.1, -0.05) is 29.8 Å². The summed E-state index contributed by atoms with van der Waals surface area (Å²) in [6.45, 7) is 2.51. The molecule has 0 aliphatic rings. The quantitative estimate of drug-likeness (QED) is 0.707. The molecular weight excluding hydrogens is 220 g/mol. The predicted molar refractivity (Wildman–Crippen MR) is 64.1 cm³/mol. The number of aliphatic hydroxyl groups is 1. The summed E-state index contributed by atoms with van der Waals surface area (Å²) >= 11 is 0. The standard InChI is InChI=1S/C13H18O4/c1-10-2-4-11(5-3-10)12(13(15)16)6-8-17-9-7-14/h2-5,12,14H,6-9H2,1H3,(H,15,16). The van der Waals surface area contributed by atoms with Gasteiger partial charge in [0.1, 0.15) is 0 Å². The van der Waals surface area contributed by atoms with Gasteiger partial charge < -0.3 is 14.9 Å². The molecule has 0 fully saturated rings. The second-order valence-electron chi connectivity index (χ2n) is 3.93. The maximum absolute atomic E-state index is 11.1. The Morgan fingerprint density at radius 2 is 1.94 bits per heavy atom. The van der Waals surface area contributed by atoms with Crippen LogP contribution in [0.15, 0.2) is 24.3 Å². The molecule has 0 saturated carbocycles. The maximum atomic E-state index is 11.1. The summed E-state index contributed by atoms with van der Waals surface area (Å²) in [5.74, 6) is -1.39. The number of carboxylic acid groups (broad SMARTS) is 1. The van der Waals surface area contributed by atoms with E-state index in [0.717, 1.165) is 11.1 Å². The summed E-state index contributed by atoms with van der Waals surface area (Å²) in [6.07, 6.45) is 0.415. The van der Waals surface area contributed by atoms with Crippen molar-refractivity contribution in [2.75, 3.05) is 19.8 Å². The molecule has 0 aliphatic heterocycles. The van der Waals surface area contributed by atoms with E-state index in [1.54, 1.807) is 0 Å². The zero-order valence-electron chi connectivity index (χ0n) is 9.93. The fourth-order valence-corrected chi connectivity index (χ4v) is 1.60. The van der Waals surface area contributed by atoms with Gasteiger partial charge in [0, 0.05) is 6.61 Å². The molecule has 1 atom stereocenters. The summed E-state index contributed by atoms with van der Waals surface area (Å²) in [7, 11) is 0. The van der Waals surface area contributed by atoms with E-state index in [4.69, 9.17) is 14.9 Å². The van der Waals surface area contributed by atoms with Crippen LogP contribution in [0, 0.1) is 6.92 Å². The topological polar surface area (TPSA) is 66.8 Å². The van der Waals surface area contributed by atoms with Crippen LogP contribution >= 0.6 is 0 Å². The summed E-state index contributed by atoms with van der Waals surface area (Å²) in [5, 5.41) is 17.7. The van der Waals surface area contributed by atoms with Gasteiger partial charge in [-0.2, -0.15) is 0 Å². The highest BCUT2D eigenvalue weighted by Gasteiger charge is 2.19. The summed E-state index contributed by atoms with van der Waals surface area (Å²) in [4.78, 5) is 11.1. The van der Waals surface area contributed by atoms with E-state index < -0.39 is 11.9 Å². The lowest BCUT2D eigenvalue weighted by molar-refractivity contribution is -0.139. The van der Waals surface area contributed by atoms with Gasteiger partial charge >= 0.3 is 5.97 Å². The van der Waals surface area contributed by atoms with Crippen molar-refractivity contribution in [1.29, 1.82) is 0 Å². The van der Waals surface area contributed by atoms with Crippen LogP contribution in [0.25, 0.3) is 0 Å². The molecule has 0 radical (unpaired) electrons. The van der Waals surface area contributed by atoms with Gasteiger partial charge in [-0.15, -0.1) is 0 Å². The molecule has 4 nitrogen and oxygen atoms in total. The van der Waals surface area contributed by atoms with Crippen molar-refractivity contribution in [3.05, 3.63) is 35.4 Å². The third kappa shape index (κ3) is 4.54. The molecule has 0 heterocycles. The van der Waals surface area contributed by atoms with Crippen molar-refractivity contribution in [1.82, 2.24) is 0 Å². The zero-order valence-corrected chi connectivity index (χ0v) is 9.93. The lowest BCUT2D eigenvalue weighted by atomic mass is 9.95. The van der Waals surface area contributed by atoms with Gasteiger partial charge in [-0.25, -0.2) is 0 Å². The summed E-state index contributed by atoms with van der Waals surface area (Å²) in [5.41, 5.74) is 1.89. The molecule has 0 bridgehead atoms. The summed E-state index contributed by atoms with van der Waals surface area (Å²) in [6, 6.07) is 7.47. The third-order valence-corrected chi connectivity index (χ3v) is 2.56. The second kappa shape index (κ2) is 7.04. The van der Waals surface area contributed by atoms with E-state index >= 15 is 0 Å². The Kier molecular flexibility index (Phi) is 5.66. The molecule has 1 rings (SSSR count). The number of hydrogen-bond donors (Lipinski definition) is 2. The zero-order chi connectivity index (χ0) is 12.7. The number of aliphatic hydroxyl groups excluding tert-OH is 1. The first-order chi connectivity index (χ1) is 8.15. The first-order valence-electron chi connectivity index (χ1n) is 5.63. The second-order valence-corrected chi connectivity index (χ2v) is 3.93. The predicted octanol–water partition coefficient (Wildman–Crippen LogP) is 1.56. The maximum Gasteiger partial charge on any atom is 0.311 e. The number of aliphatic carboxylic acids is 1. The van der Waals surface area contributed by atoms with Crippen LogP contribution in [-0.4, -0.2) is 36.0 Å². The molecule has 4 heteroatoms. The molecule has 17 heavy (non-hydrogen) atoms. The minimum absolute atomic E-state index is 0.0394. The Labute approximate surface area is 101 Å². The van der Waals surface area contributed by atoms with Crippen molar-refractivity contribution in [2.45, 2.75) is 19.3 Å². The number of aryl methyl sites for hydroxylation is 1. The monoisotopic (exact) mass is 238 g/mol. The van der Waals surface area contributed by atoms with E-state index in [9.17, 15) is 4.79 Å². The number of benzene rings is 1. The average molecular weight is 238 g/mol. The fraction of sp³-hybridized carbons (Fsp3) is 0.462. The molecule has 0 spiro atoms. The van der Waals surface area contributed by atoms with Crippen LogP contribution < -0.4 is 0 Å². The van der Waals surface area contributed by atoms with E-state index in [-0.39, 0.29) is 13.2 Å². The Morgan fingerprint density at radius 1 is 1.29 bits per heavy atom. The molecule has 2 N–H and O–H groups in total.